The highest BCUT2D eigenvalue weighted by atomic mass is 14.9. The Balaban J connectivity index is 2.03. The summed E-state index contributed by atoms with van der Waals surface area (Å²) >= 11 is 0. The van der Waals surface area contributed by atoms with E-state index in [4.69, 9.17) is 0 Å². The van der Waals surface area contributed by atoms with Crippen molar-refractivity contribution in [2.75, 3.05) is 7.05 Å². The molecule has 1 aliphatic carbocycles. The van der Waals surface area contributed by atoms with Crippen LogP contribution in [0.15, 0.2) is 18.2 Å². The number of hydrogen-bond donors (Lipinski definition) is 1. The van der Waals surface area contributed by atoms with Crippen molar-refractivity contribution in [3.05, 3.63) is 34.9 Å². The maximum absolute atomic E-state index is 3.55. The number of aryl methyl sites for hydroxylation is 2. The van der Waals surface area contributed by atoms with Gasteiger partial charge in [0.2, 0.25) is 0 Å². The molecule has 0 saturated carbocycles. The average Bonchev–Trinajstić information content (AvgIpc) is 2.95. The van der Waals surface area contributed by atoms with E-state index in [-0.39, 0.29) is 0 Å². The van der Waals surface area contributed by atoms with E-state index in [9.17, 15) is 0 Å². The van der Waals surface area contributed by atoms with Crippen LogP contribution >= 0.6 is 0 Å². The summed E-state index contributed by atoms with van der Waals surface area (Å²) in [6.07, 6.45) is 10.6. The summed E-state index contributed by atoms with van der Waals surface area (Å²) in [5.41, 5.74) is 4.69. The van der Waals surface area contributed by atoms with Crippen molar-refractivity contribution in [3.63, 3.8) is 0 Å². The zero-order valence-electron chi connectivity index (χ0n) is 13.5. The molecule has 0 heterocycles. The SMILES string of the molecule is CCCCC(CC)CC(NC)c1ccc2c(c1)CCC2. The fourth-order valence-corrected chi connectivity index (χ4v) is 3.54. The van der Waals surface area contributed by atoms with Gasteiger partial charge in [0.05, 0.1) is 0 Å². The van der Waals surface area contributed by atoms with Crippen molar-refractivity contribution in [1.29, 1.82) is 0 Å². The molecule has 0 aromatic heterocycles. The van der Waals surface area contributed by atoms with Crippen molar-refractivity contribution in [3.8, 4) is 0 Å². The van der Waals surface area contributed by atoms with Crippen LogP contribution in [0.25, 0.3) is 0 Å². The molecule has 0 saturated heterocycles. The van der Waals surface area contributed by atoms with Crippen LogP contribution < -0.4 is 5.32 Å². The summed E-state index contributed by atoms with van der Waals surface area (Å²) in [6.45, 7) is 4.64. The molecule has 0 bridgehead atoms. The highest BCUT2D eigenvalue weighted by Crippen LogP contribution is 2.30. The van der Waals surface area contributed by atoms with Gasteiger partial charge in [-0.3, -0.25) is 0 Å². The lowest BCUT2D eigenvalue weighted by atomic mass is 9.88. The lowest BCUT2D eigenvalue weighted by Gasteiger charge is -2.23. The molecule has 0 aliphatic heterocycles. The van der Waals surface area contributed by atoms with Crippen molar-refractivity contribution in [2.45, 2.75) is 71.3 Å². The van der Waals surface area contributed by atoms with Crippen LogP contribution in [0, 0.1) is 5.92 Å². The number of fused-ring (bicyclic) bond motifs is 1. The van der Waals surface area contributed by atoms with E-state index in [1.807, 2.05) is 0 Å². The van der Waals surface area contributed by atoms with Crippen LogP contribution in [-0.4, -0.2) is 7.05 Å². The van der Waals surface area contributed by atoms with Crippen LogP contribution in [0.3, 0.4) is 0 Å². The fourth-order valence-electron chi connectivity index (χ4n) is 3.54. The number of rotatable bonds is 8. The van der Waals surface area contributed by atoms with Gasteiger partial charge in [0, 0.05) is 6.04 Å². The Hall–Kier alpha value is -0.820. The summed E-state index contributed by atoms with van der Waals surface area (Å²) < 4.78 is 0. The van der Waals surface area contributed by atoms with Gasteiger partial charge in [0.15, 0.2) is 0 Å². The smallest absolute Gasteiger partial charge is 0.0320 e. The van der Waals surface area contributed by atoms with Crippen LogP contribution in [0.1, 0.15) is 75.1 Å². The van der Waals surface area contributed by atoms with E-state index < -0.39 is 0 Å². The van der Waals surface area contributed by atoms with Crippen LogP contribution in [0.2, 0.25) is 0 Å². The van der Waals surface area contributed by atoms with E-state index in [1.165, 1.54) is 56.9 Å². The van der Waals surface area contributed by atoms with E-state index in [0.29, 0.717) is 6.04 Å². The van der Waals surface area contributed by atoms with Gasteiger partial charge in [-0.1, -0.05) is 57.7 Å². The van der Waals surface area contributed by atoms with Gasteiger partial charge in [0.1, 0.15) is 0 Å². The molecule has 2 unspecified atom stereocenters. The standard InChI is InChI=1S/C19H31N/c1-4-6-8-15(5-2)13-19(20-3)18-12-11-16-9-7-10-17(16)14-18/h11-12,14-15,19-20H,4-10,13H2,1-3H3. The lowest BCUT2D eigenvalue weighted by Crippen LogP contribution is -2.20. The maximum atomic E-state index is 3.55. The van der Waals surface area contributed by atoms with Gasteiger partial charge in [-0.2, -0.15) is 0 Å². The molecule has 20 heavy (non-hydrogen) atoms. The molecule has 1 aromatic rings. The molecule has 0 radical (unpaired) electrons. The Kier molecular flexibility index (Phi) is 6.09. The minimum atomic E-state index is 0.530. The predicted octanol–water partition coefficient (Wildman–Crippen LogP) is 5.04. The second-order valence-corrected chi connectivity index (χ2v) is 6.38. The highest BCUT2D eigenvalue weighted by molar-refractivity contribution is 5.36. The molecule has 0 spiro atoms. The zero-order valence-corrected chi connectivity index (χ0v) is 13.5. The minimum Gasteiger partial charge on any atom is -0.313 e. The Labute approximate surface area is 125 Å². The average molecular weight is 273 g/mol. The molecule has 2 atom stereocenters. The second-order valence-electron chi connectivity index (χ2n) is 6.38. The first kappa shape index (κ1) is 15.6. The van der Waals surface area contributed by atoms with E-state index >= 15 is 0 Å². The summed E-state index contributed by atoms with van der Waals surface area (Å²) in [5, 5.41) is 3.55. The summed E-state index contributed by atoms with van der Waals surface area (Å²) in [6, 6.07) is 7.73. The molecular weight excluding hydrogens is 242 g/mol. The first-order chi connectivity index (χ1) is 9.78. The first-order valence-corrected chi connectivity index (χ1v) is 8.57. The van der Waals surface area contributed by atoms with Crippen molar-refractivity contribution in [2.24, 2.45) is 5.92 Å². The van der Waals surface area contributed by atoms with Gasteiger partial charge in [0.25, 0.3) is 0 Å². The molecular formula is C19H31N. The minimum absolute atomic E-state index is 0.530. The molecule has 0 amide bonds. The molecule has 1 aliphatic rings. The van der Waals surface area contributed by atoms with Gasteiger partial charge in [-0.05, 0) is 55.3 Å². The largest absolute Gasteiger partial charge is 0.313 e. The second kappa shape index (κ2) is 7.83. The van der Waals surface area contributed by atoms with E-state index in [1.54, 1.807) is 11.1 Å². The Morgan fingerprint density at radius 3 is 2.65 bits per heavy atom. The normalized spacial score (nSPS) is 16.9. The summed E-state index contributed by atoms with van der Waals surface area (Å²) in [5.74, 6) is 0.862. The number of unbranched alkanes of at least 4 members (excludes halogenated alkanes) is 1. The molecule has 0 fully saturated rings. The fraction of sp³-hybridized carbons (Fsp3) is 0.684. The van der Waals surface area contributed by atoms with Gasteiger partial charge < -0.3 is 5.32 Å². The van der Waals surface area contributed by atoms with Crippen LogP contribution in [-0.2, 0) is 12.8 Å². The Morgan fingerprint density at radius 2 is 1.95 bits per heavy atom. The van der Waals surface area contributed by atoms with Gasteiger partial charge >= 0.3 is 0 Å². The Morgan fingerprint density at radius 1 is 1.15 bits per heavy atom. The topological polar surface area (TPSA) is 12.0 Å². The molecule has 1 aromatic carbocycles. The number of benzene rings is 1. The van der Waals surface area contributed by atoms with Crippen molar-refractivity contribution < 1.29 is 0 Å². The quantitative estimate of drug-likeness (QED) is 0.699. The third-order valence-electron chi connectivity index (χ3n) is 4.99. The molecule has 2 rings (SSSR count). The third kappa shape index (κ3) is 3.85. The maximum Gasteiger partial charge on any atom is 0.0320 e. The lowest BCUT2D eigenvalue weighted by molar-refractivity contribution is 0.365. The number of nitrogens with one attached hydrogen (secondary N) is 1. The summed E-state index contributed by atoms with van der Waals surface area (Å²) in [7, 11) is 2.12. The molecule has 1 nitrogen and oxygen atoms in total. The predicted molar refractivity (Wildman–Crippen MR) is 88.2 cm³/mol. The van der Waals surface area contributed by atoms with Crippen LogP contribution in [0.5, 0.6) is 0 Å². The first-order valence-electron chi connectivity index (χ1n) is 8.57. The van der Waals surface area contributed by atoms with E-state index in [0.717, 1.165) is 5.92 Å². The monoisotopic (exact) mass is 273 g/mol. The van der Waals surface area contributed by atoms with Gasteiger partial charge in [-0.25, -0.2) is 0 Å². The van der Waals surface area contributed by atoms with Crippen molar-refractivity contribution in [1.82, 2.24) is 5.32 Å². The summed E-state index contributed by atoms with van der Waals surface area (Å²) in [4.78, 5) is 0. The number of hydrogen-bond acceptors (Lipinski definition) is 1. The van der Waals surface area contributed by atoms with Crippen molar-refractivity contribution >= 4 is 0 Å². The van der Waals surface area contributed by atoms with E-state index in [2.05, 4.69) is 44.4 Å². The van der Waals surface area contributed by atoms with Gasteiger partial charge in [-0.15, -0.1) is 0 Å². The third-order valence-corrected chi connectivity index (χ3v) is 4.99. The van der Waals surface area contributed by atoms with Crippen LogP contribution in [0.4, 0.5) is 0 Å². The zero-order chi connectivity index (χ0) is 14.4. The molecule has 1 heteroatoms. The molecule has 1 N–H and O–H groups in total. The highest BCUT2D eigenvalue weighted by Gasteiger charge is 2.18. The Bertz CT molecular complexity index is 410. The molecule has 112 valence electrons.